The summed E-state index contributed by atoms with van der Waals surface area (Å²) in [6.07, 6.45) is 1.50. The van der Waals surface area contributed by atoms with Crippen molar-refractivity contribution in [3.8, 4) is 22.8 Å². The normalized spacial score (nSPS) is 10.7. The lowest BCUT2D eigenvalue weighted by Gasteiger charge is -2.16. The number of carbonyl (C=O) groups is 1. The first-order valence-electron chi connectivity index (χ1n) is 9.13. The lowest BCUT2D eigenvalue weighted by molar-refractivity contribution is -0.132. The molecule has 0 unspecified atom stereocenters. The zero-order chi connectivity index (χ0) is 20.9. The van der Waals surface area contributed by atoms with Crippen LogP contribution in [0.3, 0.4) is 0 Å². The van der Waals surface area contributed by atoms with Gasteiger partial charge in [-0.15, -0.1) is 5.10 Å². The summed E-state index contributed by atoms with van der Waals surface area (Å²) < 4.78 is 13.0. The molecular weight excluding hydrogens is 406 g/mol. The van der Waals surface area contributed by atoms with Crippen LogP contribution in [0, 0.1) is 0 Å². The van der Waals surface area contributed by atoms with Gasteiger partial charge < -0.3 is 14.1 Å². The minimum Gasteiger partial charge on any atom is -0.484 e. The van der Waals surface area contributed by atoms with E-state index in [1.54, 1.807) is 48.3 Å². The number of tetrazole rings is 1. The Kier molecular flexibility index (Phi) is 5.76. The number of rotatable bonds is 7. The first-order chi connectivity index (χ1) is 14.6. The molecule has 8 nitrogen and oxygen atoms in total. The van der Waals surface area contributed by atoms with Crippen LogP contribution in [0.2, 0.25) is 5.02 Å². The van der Waals surface area contributed by atoms with E-state index in [0.29, 0.717) is 23.1 Å². The Morgan fingerprint density at radius 1 is 1.10 bits per heavy atom. The number of hydrogen-bond acceptors (Lipinski definition) is 6. The summed E-state index contributed by atoms with van der Waals surface area (Å²) in [7, 11) is 1.71. The van der Waals surface area contributed by atoms with Crippen LogP contribution in [0.5, 0.6) is 5.75 Å². The smallest absolute Gasteiger partial charge is 0.260 e. The van der Waals surface area contributed by atoms with Crippen molar-refractivity contribution in [1.82, 2.24) is 25.1 Å². The van der Waals surface area contributed by atoms with E-state index in [1.165, 1.54) is 11.0 Å². The highest BCUT2D eigenvalue weighted by atomic mass is 35.5. The average Bonchev–Trinajstić information content (AvgIpc) is 3.45. The topological polar surface area (TPSA) is 86.3 Å². The van der Waals surface area contributed by atoms with Crippen molar-refractivity contribution < 1.29 is 13.9 Å². The molecule has 0 saturated carbocycles. The van der Waals surface area contributed by atoms with Gasteiger partial charge in [-0.05, 0) is 71.1 Å². The molecule has 0 aliphatic carbocycles. The molecule has 0 radical (unpaired) electrons. The molecule has 0 bridgehead atoms. The quantitative estimate of drug-likeness (QED) is 0.451. The van der Waals surface area contributed by atoms with Crippen molar-refractivity contribution in [3.05, 3.63) is 77.8 Å². The second-order valence-electron chi connectivity index (χ2n) is 6.56. The SMILES string of the molecule is CN(Cc1ccc(-c2ccc(Cl)cc2)o1)C(=O)COc1ccc(-n2cnnn2)cc1. The van der Waals surface area contributed by atoms with Crippen molar-refractivity contribution in [1.29, 1.82) is 0 Å². The number of amides is 1. The Labute approximate surface area is 177 Å². The van der Waals surface area contributed by atoms with Crippen LogP contribution in [0.25, 0.3) is 17.0 Å². The molecule has 4 aromatic rings. The van der Waals surface area contributed by atoms with Crippen molar-refractivity contribution in [3.63, 3.8) is 0 Å². The molecule has 0 N–H and O–H groups in total. The van der Waals surface area contributed by atoms with E-state index in [2.05, 4.69) is 15.5 Å². The molecule has 1 amide bonds. The zero-order valence-electron chi connectivity index (χ0n) is 16.1. The highest BCUT2D eigenvalue weighted by Gasteiger charge is 2.13. The fourth-order valence-corrected chi connectivity index (χ4v) is 2.91. The van der Waals surface area contributed by atoms with Crippen LogP contribution in [-0.4, -0.2) is 44.7 Å². The van der Waals surface area contributed by atoms with Crippen LogP contribution >= 0.6 is 11.6 Å². The molecule has 30 heavy (non-hydrogen) atoms. The van der Waals surface area contributed by atoms with E-state index in [9.17, 15) is 4.79 Å². The number of nitrogens with zero attached hydrogens (tertiary/aromatic N) is 5. The van der Waals surface area contributed by atoms with E-state index in [1.807, 2.05) is 24.3 Å². The van der Waals surface area contributed by atoms with E-state index in [-0.39, 0.29) is 12.5 Å². The number of furan rings is 1. The number of carbonyl (C=O) groups excluding carboxylic acids is 1. The lowest BCUT2D eigenvalue weighted by Crippen LogP contribution is -2.30. The molecular formula is C21H18ClN5O3. The van der Waals surface area contributed by atoms with Gasteiger partial charge in [0.1, 0.15) is 23.6 Å². The molecule has 152 valence electrons. The van der Waals surface area contributed by atoms with Crippen LogP contribution < -0.4 is 4.74 Å². The Morgan fingerprint density at radius 3 is 2.57 bits per heavy atom. The van der Waals surface area contributed by atoms with Crippen molar-refractivity contribution in [2.75, 3.05) is 13.7 Å². The Morgan fingerprint density at radius 2 is 1.87 bits per heavy atom. The molecule has 0 saturated heterocycles. The van der Waals surface area contributed by atoms with Gasteiger partial charge in [-0.2, -0.15) is 0 Å². The van der Waals surface area contributed by atoms with Crippen molar-refractivity contribution in [2.45, 2.75) is 6.54 Å². The van der Waals surface area contributed by atoms with E-state index in [4.69, 9.17) is 20.8 Å². The average molecular weight is 424 g/mol. The van der Waals surface area contributed by atoms with Crippen LogP contribution in [0.15, 0.2) is 71.4 Å². The van der Waals surface area contributed by atoms with Crippen molar-refractivity contribution >= 4 is 17.5 Å². The third-order valence-electron chi connectivity index (χ3n) is 4.42. The number of likely N-dealkylation sites (N-methyl/N-ethyl adjacent to an activating group) is 1. The maximum absolute atomic E-state index is 12.4. The summed E-state index contributed by atoms with van der Waals surface area (Å²) in [6, 6.07) is 18.2. The van der Waals surface area contributed by atoms with Gasteiger partial charge in [0.05, 0.1) is 12.2 Å². The summed E-state index contributed by atoms with van der Waals surface area (Å²) in [5.41, 5.74) is 1.72. The number of halogens is 1. The largest absolute Gasteiger partial charge is 0.484 e. The number of benzene rings is 2. The fraction of sp³-hybridized carbons (Fsp3) is 0.143. The zero-order valence-corrected chi connectivity index (χ0v) is 16.9. The van der Waals surface area contributed by atoms with Crippen LogP contribution in [0.1, 0.15) is 5.76 Å². The highest BCUT2D eigenvalue weighted by Crippen LogP contribution is 2.24. The second-order valence-corrected chi connectivity index (χ2v) is 7.00. The van der Waals surface area contributed by atoms with Gasteiger partial charge in [0.25, 0.3) is 5.91 Å². The third-order valence-corrected chi connectivity index (χ3v) is 4.67. The van der Waals surface area contributed by atoms with Crippen LogP contribution in [-0.2, 0) is 11.3 Å². The Bertz CT molecular complexity index is 1110. The molecule has 2 heterocycles. The molecule has 0 fully saturated rings. The maximum Gasteiger partial charge on any atom is 0.260 e. The summed E-state index contributed by atoms with van der Waals surface area (Å²) in [6.45, 7) is 0.263. The molecule has 0 atom stereocenters. The van der Waals surface area contributed by atoms with Gasteiger partial charge in [0, 0.05) is 17.6 Å². The lowest BCUT2D eigenvalue weighted by atomic mass is 10.2. The summed E-state index contributed by atoms with van der Waals surface area (Å²) in [5.74, 6) is 1.82. The molecule has 2 aromatic carbocycles. The molecule has 9 heteroatoms. The summed E-state index contributed by atoms with van der Waals surface area (Å²) >= 11 is 5.92. The molecule has 2 aromatic heterocycles. The van der Waals surface area contributed by atoms with Crippen molar-refractivity contribution in [2.24, 2.45) is 0 Å². The number of ether oxygens (including phenoxy) is 1. The van der Waals surface area contributed by atoms with E-state index in [0.717, 1.165) is 17.0 Å². The van der Waals surface area contributed by atoms with Gasteiger partial charge in [-0.25, -0.2) is 4.68 Å². The van der Waals surface area contributed by atoms with Gasteiger partial charge in [0.15, 0.2) is 6.61 Å². The Balaban J connectivity index is 1.30. The van der Waals surface area contributed by atoms with Gasteiger partial charge in [-0.3, -0.25) is 4.79 Å². The summed E-state index contributed by atoms with van der Waals surface area (Å²) in [5, 5.41) is 11.7. The highest BCUT2D eigenvalue weighted by molar-refractivity contribution is 6.30. The number of hydrogen-bond donors (Lipinski definition) is 0. The molecule has 0 spiro atoms. The standard InChI is InChI=1S/C21H18ClN5O3/c1-26(12-19-10-11-20(30-19)15-2-4-16(22)5-3-15)21(28)13-29-18-8-6-17(7-9-18)27-14-23-24-25-27/h2-11,14H,12-13H2,1H3. The molecule has 0 aliphatic rings. The van der Waals surface area contributed by atoms with Gasteiger partial charge >= 0.3 is 0 Å². The summed E-state index contributed by atoms with van der Waals surface area (Å²) in [4.78, 5) is 14.0. The first-order valence-corrected chi connectivity index (χ1v) is 9.51. The Hall–Kier alpha value is -3.65. The van der Waals surface area contributed by atoms with Gasteiger partial charge in [0.2, 0.25) is 0 Å². The second kappa shape index (κ2) is 8.79. The van der Waals surface area contributed by atoms with Crippen LogP contribution in [0.4, 0.5) is 0 Å². The predicted molar refractivity (Wildman–Crippen MR) is 110 cm³/mol. The fourth-order valence-electron chi connectivity index (χ4n) is 2.78. The molecule has 4 rings (SSSR count). The minimum atomic E-state index is -0.163. The predicted octanol–water partition coefficient (Wildman–Crippen LogP) is 3.61. The van der Waals surface area contributed by atoms with E-state index >= 15 is 0 Å². The minimum absolute atomic E-state index is 0.0779. The first kappa shape index (κ1) is 19.7. The number of aromatic nitrogens is 4. The van der Waals surface area contributed by atoms with Gasteiger partial charge in [-0.1, -0.05) is 11.6 Å². The molecule has 0 aliphatic heterocycles. The monoisotopic (exact) mass is 423 g/mol. The van der Waals surface area contributed by atoms with E-state index < -0.39 is 0 Å². The third kappa shape index (κ3) is 4.66. The maximum atomic E-state index is 12.4.